The van der Waals surface area contributed by atoms with E-state index in [0.29, 0.717) is 0 Å². The first-order chi connectivity index (χ1) is 4.33. The number of nitrogens with zero attached hydrogens (tertiary/aromatic N) is 1. The lowest BCUT2D eigenvalue weighted by Crippen LogP contribution is -2.43. The van der Waals surface area contributed by atoms with Gasteiger partial charge in [-0.05, 0) is 6.92 Å². The Morgan fingerprint density at radius 3 is 1.90 bits per heavy atom. The van der Waals surface area contributed by atoms with Gasteiger partial charge in [-0.15, -0.1) is 0 Å². The van der Waals surface area contributed by atoms with Crippen molar-refractivity contribution in [1.29, 1.82) is 0 Å². The number of quaternary nitrogens is 1. The number of hydrogen-bond acceptors (Lipinski definition) is 1. The Morgan fingerprint density at radius 1 is 1.40 bits per heavy atom. The molecule has 0 fully saturated rings. The lowest BCUT2D eigenvalue weighted by molar-refractivity contribution is -0.873. The van der Waals surface area contributed by atoms with Gasteiger partial charge in [0.2, 0.25) is 0 Å². The van der Waals surface area contributed by atoms with Crippen molar-refractivity contribution >= 4 is 15.9 Å². The smallest absolute Gasteiger partial charge is 0.115 e. The molecule has 62 valence electrons. The van der Waals surface area contributed by atoms with Crippen LogP contribution in [-0.2, 0) is 0 Å². The normalized spacial score (nSPS) is 18.6. The van der Waals surface area contributed by atoms with Crippen molar-refractivity contribution in [3.8, 4) is 0 Å². The third-order valence-electron chi connectivity index (χ3n) is 1.26. The zero-order valence-electron chi connectivity index (χ0n) is 7.13. The molecule has 0 spiro atoms. The Balaban J connectivity index is 3.68. The van der Waals surface area contributed by atoms with Crippen LogP contribution in [0.5, 0.6) is 0 Å². The Bertz CT molecular complexity index is 98.3. The number of hydrogen-bond donors (Lipinski definition) is 1. The summed E-state index contributed by atoms with van der Waals surface area (Å²) in [6.07, 6.45) is -0.250. The summed E-state index contributed by atoms with van der Waals surface area (Å²) in [6.45, 7) is 2.74. The van der Waals surface area contributed by atoms with Gasteiger partial charge in [-0.2, -0.15) is 0 Å². The molecule has 3 heteroatoms. The fraction of sp³-hybridized carbons (Fsp3) is 1.00. The van der Waals surface area contributed by atoms with Gasteiger partial charge in [0.1, 0.15) is 12.6 Å². The molecule has 0 aliphatic rings. The molecule has 0 saturated carbocycles. The highest BCUT2D eigenvalue weighted by atomic mass is 79.9. The summed E-state index contributed by atoms with van der Waals surface area (Å²) in [4.78, 5) is 0.185. The minimum atomic E-state index is -0.250. The van der Waals surface area contributed by atoms with Crippen molar-refractivity contribution in [2.24, 2.45) is 0 Å². The molecule has 0 aromatic heterocycles. The van der Waals surface area contributed by atoms with Gasteiger partial charge >= 0.3 is 0 Å². The average molecular weight is 211 g/mol. The van der Waals surface area contributed by atoms with E-state index in [-0.39, 0.29) is 10.9 Å². The van der Waals surface area contributed by atoms with Crippen LogP contribution in [0.4, 0.5) is 0 Å². The van der Waals surface area contributed by atoms with Crippen molar-refractivity contribution < 1.29 is 9.59 Å². The molecule has 10 heavy (non-hydrogen) atoms. The molecule has 0 aromatic carbocycles. The van der Waals surface area contributed by atoms with Gasteiger partial charge in [-0.3, -0.25) is 0 Å². The maximum atomic E-state index is 9.40. The fourth-order valence-electron chi connectivity index (χ4n) is 0.706. The highest BCUT2D eigenvalue weighted by Gasteiger charge is 2.18. The van der Waals surface area contributed by atoms with Crippen molar-refractivity contribution in [1.82, 2.24) is 0 Å². The van der Waals surface area contributed by atoms with Crippen molar-refractivity contribution in [3.63, 3.8) is 0 Å². The summed E-state index contributed by atoms with van der Waals surface area (Å²) < 4.78 is 0.803. The lowest BCUT2D eigenvalue weighted by Gasteiger charge is -2.27. The van der Waals surface area contributed by atoms with E-state index < -0.39 is 0 Å². The van der Waals surface area contributed by atoms with Gasteiger partial charge in [-0.25, -0.2) is 0 Å². The zero-order valence-corrected chi connectivity index (χ0v) is 8.72. The summed E-state index contributed by atoms with van der Waals surface area (Å²) in [5, 5.41) is 9.40. The Labute approximate surface area is 71.6 Å². The Morgan fingerprint density at radius 2 is 1.80 bits per heavy atom. The van der Waals surface area contributed by atoms with E-state index in [1.165, 1.54) is 0 Å². The third-order valence-corrected chi connectivity index (χ3v) is 1.88. The van der Waals surface area contributed by atoms with Crippen LogP contribution in [0, 0.1) is 0 Å². The monoisotopic (exact) mass is 210 g/mol. The van der Waals surface area contributed by atoms with Crippen LogP contribution in [0.2, 0.25) is 0 Å². The third kappa shape index (κ3) is 5.21. The Kier molecular flexibility index (Phi) is 3.84. The van der Waals surface area contributed by atoms with Crippen molar-refractivity contribution in [2.45, 2.75) is 17.9 Å². The maximum absolute atomic E-state index is 9.40. The molecule has 0 radical (unpaired) electrons. The van der Waals surface area contributed by atoms with Gasteiger partial charge in [-0.1, -0.05) is 15.9 Å². The van der Waals surface area contributed by atoms with E-state index in [9.17, 15) is 5.11 Å². The average Bonchev–Trinajstić information content (AvgIpc) is 1.60. The minimum Gasteiger partial charge on any atom is -0.386 e. The van der Waals surface area contributed by atoms with E-state index in [4.69, 9.17) is 0 Å². The number of halogens is 1. The molecule has 2 atom stereocenters. The van der Waals surface area contributed by atoms with E-state index in [2.05, 4.69) is 37.1 Å². The number of likely N-dealkylation sites (N-methyl/N-ethyl adjacent to an activating group) is 1. The number of alkyl halides is 1. The molecule has 1 N–H and O–H groups in total. The summed E-state index contributed by atoms with van der Waals surface area (Å²) in [5.41, 5.74) is 0. The predicted molar refractivity (Wildman–Crippen MR) is 47.3 cm³/mol. The minimum absolute atomic E-state index is 0.185. The van der Waals surface area contributed by atoms with Crippen LogP contribution < -0.4 is 0 Å². The first kappa shape index (κ1) is 10.4. The molecule has 0 aliphatic heterocycles. The quantitative estimate of drug-likeness (QED) is 0.541. The zero-order chi connectivity index (χ0) is 8.36. The van der Waals surface area contributed by atoms with Crippen LogP contribution in [0.15, 0.2) is 0 Å². The molecule has 2 nitrogen and oxygen atoms in total. The number of aliphatic hydroxyl groups excluding tert-OH is 1. The van der Waals surface area contributed by atoms with Crippen molar-refractivity contribution in [2.75, 3.05) is 27.7 Å². The molecule has 0 bridgehead atoms. The fourth-order valence-corrected chi connectivity index (χ4v) is 0.874. The van der Waals surface area contributed by atoms with Gasteiger partial charge in [0.05, 0.1) is 21.1 Å². The maximum Gasteiger partial charge on any atom is 0.115 e. The van der Waals surface area contributed by atoms with Gasteiger partial charge < -0.3 is 9.59 Å². The molecule has 0 aliphatic carbocycles. The van der Waals surface area contributed by atoms with Gasteiger partial charge in [0.15, 0.2) is 0 Å². The molecule has 2 unspecified atom stereocenters. The summed E-state index contributed by atoms with van der Waals surface area (Å²) in [5.74, 6) is 0. The molecular formula is C7H17BrNO+. The van der Waals surface area contributed by atoms with Gasteiger partial charge in [0, 0.05) is 4.83 Å². The highest BCUT2D eigenvalue weighted by molar-refractivity contribution is 9.09. The molecule has 0 saturated heterocycles. The largest absolute Gasteiger partial charge is 0.386 e. The van der Waals surface area contributed by atoms with Crippen LogP contribution in [0.1, 0.15) is 6.92 Å². The van der Waals surface area contributed by atoms with Crippen molar-refractivity contribution in [3.05, 3.63) is 0 Å². The Hall–Kier alpha value is 0.400. The summed E-state index contributed by atoms with van der Waals surface area (Å²) in [7, 11) is 6.20. The SMILES string of the molecule is CC(Br)C(O)C[N+](C)(C)C. The van der Waals surface area contributed by atoms with Crippen LogP contribution in [-0.4, -0.2) is 48.2 Å². The lowest BCUT2D eigenvalue weighted by atomic mass is 10.2. The molecule has 0 rings (SSSR count). The van der Waals surface area contributed by atoms with E-state index >= 15 is 0 Å². The van der Waals surface area contributed by atoms with E-state index in [1.54, 1.807) is 0 Å². The molecular weight excluding hydrogens is 194 g/mol. The summed E-state index contributed by atoms with van der Waals surface area (Å²) >= 11 is 3.33. The number of aliphatic hydroxyl groups is 1. The van der Waals surface area contributed by atoms with Gasteiger partial charge in [0.25, 0.3) is 0 Å². The standard InChI is InChI=1S/C7H17BrNO/c1-6(8)7(10)5-9(2,3)4/h6-7,10H,5H2,1-4H3/q+1. The van der Waals surface area contributed by atoms with Crippen LogP contribution in [0.3, 0.4) is 0 Å². The second kappa shape index (κ2) is 3.69. The van der Waals surface area contributed by atoms with E-state index in [0.717, 1.165) is 11.0 Å². The first-order valence-corrected chi connectivity index (χ1v) is 4.37. The second-order valence-electron chi connectivity index (χ2n) is 3.72. The van der Waals surface area contributed by atoms with Crippen LogP contribution in [0.25, 0.3) is 0 Å². The topological polar surface area (TPSA) is 20.2 Å². The highest BCUT2D eigenvalue weighted by Crippen LogP contribution is 2.06. The molecule has 0 heterocycles. The second-order valence-corrected chi connectivity index (χ2v) is 5.16. The molecule has 0 amide bonds. The van der Waals surface area contributed by atoms with E-state index in [1.807, 2.05) is 6.92 Å². The predicted octanol–water partition coefficient (Wildman–Crippen LogP) is 0.837. The number of rotatable bonds is 3. The summed E-state index contributed by atoms with van der Waals surface area (Å²) in [6, 6.07) is 0. The molecule has 0 aromatic rings. The first-order valence-electron chi connectivity index (χ1n) is 3.45. The van der Waals surface area contributed by atoms with Crippen LogP contribution >= 0.6 is 15.9 Å².